The van der Waals surface area contributed by atoms with Gasteiger partial charge in [-0.15, -0.1) is 0 Å². The maximum Gasteiger partial charge on any atom is 0.416 e. The van der Waals surface area contributed by atoms with Crippen LogP contribution in [0.5, 0.6) is 0 Å². The normalized spacial score (nSPS) is 21.3. The first-order valence-corrected chi connectivity index (χ1v) is 10.4. The maximum atomic E-state index is 13.6. The Bertz CT molecular complexity index is 790. The summed E-state index contributed by atoms with van der Waals surface area (Å²) in [6.45, 7) is 6.76. The van der Waals surface area contributed by atoms with E-state index in [-0.39, 0.29) is 17.9 Å². The van der Waals surface area contributed by atoms with Crippen molar-refractivity contribution < 1.29 is 22.7 Å². The van der Waals surface area contributed by atoms with Gasteiger partial charge in [0.2, 0.25) is 5.91 Å². The minimum atomic E-state index is -4.46. The molecule has 2 heterocycles. The number of amides is 1. The molecule has 3 rings (SSSR count). The van der Waals surface area contributed by atoms with Crippen LogP contribution in [0.25, 0.3) is 0 Å². The Hall–Kier alpha value is -2.11. The summed E-state index contributed by atoms with van der Waals surface area (Å²) < 4.78 is 45.3. The molecule has 0 aliphatic carbocycles. The highest BCUT2D eigenvalue weighted by atomic mass is 19.4. The van der Waals surface area contributed by atoms with Gasteiger partial charge < -0.3 is 9.64 Å². The van der Waals surface area contributed by atoms with Crippen LogP contribution in [0, 0.1) is 17.2 Å². The van der Waals surface area contributed by atoms with Crippen LogP contribution in [0.15, 0.2) is 24.3 Å². The zero-order valence-corrected chi connectivity index (χ0v) is 17.4. The molecule has 8 heteroatoms. The van der Waals surface area contributed by atoms with Crippen molar-refractivity contribution in [3.63, 3.8) is 0 Å². The van der Waals surface area contributed by atoms with Crippen molar-refractivity contribution in [1.29, 1.82) is 5.26 Å². The molecule has 1 aromatic carbocycles. The fourth-order valence-electron chi connectivity index (χ4n) is 4.50. The van der Waals surface area contributed by atoms with Gasteiger partial charge in [0.15, 0.2) is 0 Å². The quantitative estimate of drug-likeness (QED) is 0.745. The number of piperazine rings is 1. The van der Waals surface area contributed by atoms with E-state index >= 15 is 0 Å². The Morgan fingerprint density at radius 2 is 1.80 bits per heavy atom. The summed E-state index contributed by atoms with van der Waals surface area (Å²) >= 11 is 0. The number of hydrogen-bond acceptors (Lipinski definition) is 4. The molecule has 164 valence electrons. The molecule has 30 heavy (non-hydrogen) atoms. The second-order valence-corrected chi connectivity index (χ2v) is 8.42. The number of rotatable bonds is 4. The Kier molecular flexibility index (Phi) is 6.73. The Morgan fingerprint density at radius 3 is 2.33 bits per heavy atom. The van der Waals surface area contributed by atoms with E-state index in [1.807, 2.05) is 13.8 Å². The van der Waals surface area contributed by atoms with Crippen molar-refractivity contribution in [3.05, 3.63) is 35.4 Å². The van der Waals surface area contributed by atoms with Crippen LogP contribution in [0.2, 0.25) is 0 Å². The van der Waals surface area contributed by atoms with Gasteiger partial charge in [-0.2, -0.15) is 18.4 Å². The fraction of sp³-hybridized carbons (Fsp3) is 0.636. The van der Waals surface area contributed by atoms with Crippen LogP contribution in [-0.2, 0) is 21.1 Å². The SMILES string of the molecule is CC(C)C(C#N)N1CCN(C(=O)C2(c3cccc(C(F)(F)F)c3)CCOCC2)CC1. The highest BCUT2D eigenvalue weighted by molar-refractivity contribution is 5.88. The van der Waals surface area contributed by atoms with Crippen molar-refractivity contribution >= 4 is 5.91 Å². The number of nitriles is 1. The van der Waals surface area contributed by atoms with Crippen molar-refractivity contribution in [2.75, 3.05) is 39.4 Å². The summed E-state index contributed by atoms with van der Waals surface area (Å²) in [7, 11) is 0. The molecule has 1 atom stereocenters. The largest absolute Gasteiger partial charge is 0.416 e. The molecule has 0 N–H and O–H groups in total. The van der Waals surface area contributed by atoms with Crippen molar-refractivity contribution in [2.24, 2.45) is 5.92 Å². The van der Waals surface area contributed by atoms with Crippen LogP contribution in [-0.4, -0.2) is 61.1 Å². The number of halogens is 3. The summed E-state index contributed by atoms with van der Waals surface area (Å²) in [5.41, 5.74) is -1.34. The molecule has 2 aliphatic rings. The van der Waals surface area contributed by atoms with Crippen LogP contribution >= 0.6 is 0 Å². The highest BCUT2D eigenvalue weighted by Gasteiger charge is 2.46. The van der Waals surface area contributed by atoms with E-state index in [9.17, 15) is 23.2 Å². The number of benzene rings is 1. The van der Waals surface area contributed by atoms with E-state index in [4.69, 9.17) is 4.74 Å². The van der Waals surface area contributed by atoms with E-state index in [2.05, 4.69) is 11.0 Å². The summed E-state index contributed by atoms with van der Waals surface area (Å²) in [6, 6.07) is 7.28. The van der Waals surface area contributed by atoms with Crippen LogP contribution in [0.4, 0.5) is 13.2 Å². The first-order chi connectivity index (χ1) is 14.2. The Labute approximate surface area is 175 Å². The predicted octanol–water partition coefficient (Wildman–Crippen LogP) is 3.45. The van der Waals surface area contributed by atoms with Gasteiger partial charge in [-0.1, -0.05) is 32.0 Å². The van der Waals surface area contributed by atoms with Gasteiger partial charge in [-0.3, -0.25) is 9.69 Å². The lowest BCUT2D eigenvalue weighted by Crippen LogP contribution is -2.57. The van der Waals surface area contributed by atoms with Crippen LogP contribution in [0.3, 0.4) is 0 Å². The number of hydrogen-bond donors (Lipinski definition) is 0. The van der Waals surface area contributed by atoms with Crippen molar-refractivity contribution in [2.45, 2.75) is 44.3 Å². The minimum absolute atomic E-state index is 0.136. The predicted molar refractivity (Wildman–Crippen MR) is 106 cm³/mol. The first kappa shape index (κ1) is 22.6. The lowest BCUT2D eigenvalue weighted by molar-refractivity contribution is -0.144. The average Bonchev–Trinajstić information content (AvgIpc) is 2.74. The molecule has 1 unspecified atom stereocenters. The zero-order valence-electron chi connectivity index (χ0n) is 17.4. The molecular weight excluding hydrogens is 395 g/mol. The molecule has 5 nitrogen and oxygen atoms in total. The molecule has 0 saturated carbocycles. The summed E-state index contributed by atoms with van der Waals surface area (Å²) in [4.78, 5) is 17.4. The van der Waals surface area contributed by atoms with E-state index < -0.39 is 17.2 Å². The Balaban J connectivity index is 1.83. The third-order valence-corrected chi connectivity index (χ3v) is 6.26. The summed E-state index contributed by atoms with van der Waals surface area (Å²) in [5, 5.41) is 9.43. The molecule has 2 aliphatic heterocycles. The summed E-state index contributed by atoms with van der Waals surface area (Å²) in [6.07, 6.45) is -3.74. The number of ether oxygens (including phenoxy) is 1. The molecule has 1 aromatic rings. The number of carbonyl (C=O) groups excluding carboxylic acids is 1. The lowest BCUT2D eigenvalue weighted by Gasteiger charge is -2.44. The van der Waals surface area contributed by atoms with Gasteiger partial charge in [-0.05, 0) is 30.4 Å². The number of alkyl halides is 3. The monoisotopic (exact) mass is 423 g/mol. The average molecular weight is 423 g/mol. The number of carbonyl (C=O) groups is 1. The van der Waals surface area contributed by atoms with Crippen molar-refractivity contribution in [1.82, 2.24) is 9.80 Å². The van der Waals surface area contributed by atoms with Gasteiger partial charge in [0.05, 0.1) is 17.0 Å². The van der Waals surface area contributed by atoms with Crippen LogP contribution < -0.4 is 0 Å². The van der Waals surface area contributed by atoms with E-state index in [1.165, 1.54) is 6.07 Å². The number of nitrogens with zero attached hydrogens (tertiary/aromatic N) is 3. The van der Waals surface area contributed by atoms with E-state index in [1.54, 1.807) is 11.0 Å². The van der Waals surface area contributed by atoms with Crippen LogP contribution in [0.1, 0.15) is 37.8 Å². The van der Waals surface area contributed by atoms with Gasteiger partial charge in [0.25, 0.3) is 0 Å². The minimum Gasteiger partial charge on any atom is -0.381 e. The van der Waals surface area contributed by atoms with E-state index in [0.717, 1.165) is 12.1 Å². The highest BCUT2D eigenvalue weighted by Crippen LogP contribution is 2.39. The lowest BCUT2D eigenvalue weighted by atomic mass is 9.72. The standard InChI is InChI=1S/C22H28F3N3O2/c1-16(2)19(15-26)27-8-10-28(11-9-27)20(29)21(6-12-30-13-7-21)17-4-3-5-18(14-17)22(23,24)25/h3-5,14,16,19H,6-13H2,1-2H3. The molecule has 2 fully saturated rings. The maximum absolute atomic E-state index is 13.6. The first-order valence-electron chi connectivity index (χ1n) is 10.4. The third kappa shape index (κ3) is 4.47. The topological polar surface area (TPSA) is 56.6 Å². The molecule has 0 radical (unpaired) electrons. The molecule has 1 amide bonds. The second kappa shape index (κ2) is 8.94. The fourth-order valence-corrected chi connectivity index (χ4v) is 4.50. The molecule has 0 aromatic heterocycles. The Morgan fingerprint density at radius 1 is 1.17 bits per heavy atom. The zero-order chi connectivity index (χ0) is 21.9. The van der Waals surface area contributed by atoms with Gasteiger partial charge in [-0.25, -0.2) is 0 Å². The van der Waals surface area contributed by atoms with Crippen molar-refractivity contribution in [3.8, 4) is 6.07 Å². The molecule has 0 bridgehead atoms. The third-order valence-electron chi connectivity index (χ3n) is 6.26. The van der Waals surface area contributed by atoms with Gasteiger partial charge >= 0.3 is 6.18 Å². The van der Waals surface area contributed by atoms with Gasteiger partial charge in [0, 0.05) is 39.4 Å². The molecule has 0 spiro atoms. The summed E-state index contributed by atoms with van der Waals surface area (Å²) in [5.74, 6) is 0.0482. The smallest absolute Gasteiger partial charge is 0.381 e. The second-order valence-electron chi connectivity index (χ2n) is 8.42. The molecular formula is C22H28F3N3O2. The van der Waals surface area contributed by atoms with E-state index in [0.29, 0.717) is 57.8 Å². The molecule has 2 saturated heterocycles. The van der Waals surface area contributed by atoms with Gasteiger partial charge in [0.1, 0.15) is 6.04 Å².